The van der Waals surface area contributed by atoms with Crippen LogP contribution in [0, 0.1) is 13.8 Å². The third-order valence-electron chi connectivity index (χ3n) is 6.78. The molecule has 2 amide bonds. The number of likely N-dealkylation sites (N-methyl/N-ethyl adjacent to an activating group) is 2. The molecular weight excluding hydrogens is 492 g/mol. The topological polar surface area (TPSA) is 108 Å². The van der Waals surface area contributed by atoms with Crippen molar-refractivity contribution in [2.45, 2.75) is 44.6 Å². The van der Waals surface area contributed by atoms with Gasteiger partial charge in [-0.05, 0) is 80.6 Å². The van der Waals surface area contributed by atoms with E-state index in [1.165, 1.54) is 25.3 Å². The first-order valence-corrected chi connectivity index (χ1v) is 13.8. The highest BCUT2D eigenvalue weighted by Gasteiger charge is 2.27. The Morgan fingerprint density at radius 2 is 1.68 bits per heavy atom. The zero-order valence-corrected chi connectivity index (χ0v) is 23.4. The van der Waals surface area contributed by atoms with E-state index in [9.17, 15) is 18.0 Å². The monoisotopic (exact) mass is 530 g/mol. The van der Waals surface area contributed by atoms with Crippen LogP contribution in [0.25, 0.3) is 0 Å². The minimum atomic E-state index is -3.91. The summed E-state index contributed by atoms with van der Waals surface area (Å²) in [6.45, 7) is 6.67. The van der Waals surface area contributed by atoms with E-state index < -0.39 is 22.5 Å². The van der Waals surface area contributed by atoms with E-state index in [1.807, 2.05) is 13.0 Å². The molecule has 0 fully saturated rings. The predicted octanol–water partition coefficient (Wildman–Crippen LogP) is 1.96. The van der Waals surface area contributed by atoms with Crippen molar-refractivity contribution in [3.05, 3.63) is 58.1 Å². The second kappa shape index (κ2) is 12.1. The Labute approximate surface area is 220 Å². The summed E-state index contributed by atoms with van der Waals surface area (Å²) in [6, 6.07) is 9.39. The Morgan fingerprint density at radius 3 is 2.30 bits per heavy atom. The molecule has 2 aromatic rings. The zero-order valence-electron chi connectivity index (χ0n) is 22.6. The Morgan fingerprint density at radius 1 is 1.05 bits per heavy atom. The molecule has 0 saturated carbocycles. The van der Waals surface area contributed by atoms with Crippen molar-refractivity contribution >= 4 is 21.8 Å². The van der Waals surface area contributed by atoms with Crippen molar-refractivity contribution < 1.29 is 22.7 Å². The highest BCUT2D eigenvalue weighted by Crippen LogP contribution is 2.27. The van der Waals surface area contributed by atoms with E-state index in [0.29, 0.717) is 16.9 Å². The number of fused-ring (bicyclic) bond motifs is 1. The van der Waals surface area contributed by atoms with E-state index >= 15 is 0 Å². The molecule has 2 aromatic carbocycles. The smallest absolute Gasteiger partial charge is 0.243 e. The van der Waals surface area contributed by atoms with Crippen molar-refractivity contribution in [2.75, 3.05) is 47.4 Å². The van der Waals surface area contributed by atoms with Gasteiger partial charge in [0.1, 0.15) is 5.75 Å². The van der Waals surface area contributed by atoms with Crippen LogP contribution in [-0.4, -0.2) is 76.8 Å². The Bertz CT molecular complexity index is 1240. The van der Waals surface area contributed by atoms with Crippen LogP contribution in [0.4, 0.5) is 0 Å². The highest BCUT2D eigenvalue weighted by atomic mass is 32.2. The van der Waals surface area contributed by atoms with Gasteiger partial charge in [-0.2, -0.15) is 4.31 Å². The van der Waals surface area contributed by atoms with Gasteiger partial charge in [-0.3, -0.25) is 9.59 Å². The van der Waals surface area contributed by atoms with Crippen LogP contribution in [0.3, 0.4) is 0 Å². The number of benzene rings is 2. The summed E-state index contributed by atoms with van der Waals surface area (Å²) in [5.74, 6) is -0.345. The van der Waals surface area contributed by atoms with Gasteiger partial charge in [-0.25, -0.2) is 8.42 Å². The van der Waals surface area contributed by atoms with Gasteiger partial charge in [0.25, 0.3) is 0 Å². The van der Waals surface area contributed by atoms with Crippen LogP contribution in [0.2, 0.25) is 0 Å². The number of nitrogens with one attached hydrogen (secondary N) is 2. The third kappa shape index (κ3) is 7.09. The zero-order chi connectivity index (χ0) is 27.3. The van der Waals surface area contributed by atoms with Gasteiger partial charge in [0.2, 0.25) is 21.8 Å². The van der Waals surface area contributed by atoms with Crippen LogP contribution in [0.5, 0.6) is 5.75 Å². The van der Waals surface area contributed by atoms with Crippen molar-refractivity contribution in [3.8, 4) is 5.75 Å². The lowest BCUT2D eigenvalue weighted by atomic mass is 9.97. The van der Waals surface area contributed by atoms with Crippen molar-refractivity contribution in [1.82, 2.24) is 19.8 Å². The third-order valence-corrected chi connectivity index (χ3v) is 8.89. The van der Waals surface area contributed by atoms with E-state index in [1.54, 1.807) is 26.0 Å². The molecular formula is C27H38N4O5S. The van der Waals surface area contributed by atoms with Crippen LogP contribution in [0.1, 0.15) is 40.8 Å². The Hall–Kier alpha value is -2.95. The highest BCUT2D eigenvalue weighted by molar-refractivity contribution is 7.89. The molecule has 1 unspecified atom stereocenters. The first-order chi connectivity index (χ1) is 17.4. The number of carbonyl (C=O) groups is 2. The maximum absolute atomic E-state index is 13.1. The lowest BCUT2D eigenvalue weighted by Crippen LogP contribution is -2.43. The van der Waals surface area contributed by atoms with Crippen molar-refractivity contribution in [1.29, 1.82) is 0 Å². The number of sulfonamides is 1. The molecule has 9 nitrogen and oxygen atoms in total. The fourth-order valence-corrected chi connectivity index (χ4v) is 6.15. The van der Waals surface area contributed by atoms with E-state index in [2.05, 4.69) is 34.7 Å². The van der Waals surface area contributed by atoms with Gasteiger partial charge >= 0.3 is 0 Å². The maximum Gasteiger partial charge on any atom is 0.243 e. The number of hydrogen-bond acceptors (Lipinski definition) is 6. The Balaban J connectivity index is 1.54. The molecule has 202 valence electrons. The molecule has 1 aliphatic heterocycles. The summed E-state index contributed by atoms with van der Waals surface area (Å²) in [5.41, 5.74) is 4.73. The summed E-state index contributed by atoms with van der Waals surface area (Å²) in [7, 11) is 1.07. The van der Waals surface area contributed by atoms with Crippen LogP contribution < -0.4 is 15.4 Å². The average Bonchev–Trinajstić information content (AvgIpc) is 3.02. The molecule has 1 heterocycles. The molecule has 0 spiro atoms. The van der Waals surface area contributed by atoms with E-state index in [0.717, 1.165) is 35.8 Å². The lowest BCUT2D eigenvalue weighted by molar-refractivity contribution is -0.126. The van der Waals surface area contributed by atoms with E-state index in [-0.39, 0.29) is 23.4 Å². The summed E-state index contributed by atoms with van der Waals surface area (Å²) >= 11 is 0. The largest absolute Gasteiger partial charge is 0.497 e. The molecule has 1 atom stereocenters. The fraction of sp³-hybridized carbons (Fsp3) is 0.481. The van der Waals surface area contributed by atoms with Gasteiger partial charge in [-0.1, -0.05) is 18.2 Å². The minimum Gasteiger partial charge on any atom is -0.497 e. The molecule has 1 aliphatic rings. The number of amides is 2. The molecule has 3 rings (SSSR count). The summed E-state index contributed by atoms with van der Waals surface area (Å²) in [6.07, 6.45) is 1.99. The molecule has 37 heavy (non-hydrogen) atoms. The normalized spacial score (nSPS) is 15.0. The van der Waals surface area contributed by atoms with Gasteiger partial charge in [0.15, 0.2) is 0 Å². The van der Waals surface area contributed by atoms with Gasteiger partial charge in [-0.15, -0.1) is 0 Å². The molecule has 0 aliphatic carbocycles. The van der Waals surface area contributed by atoms with Gasteiger partial charge in [0, 0.05) is 20.1 Å². The number of carbonyl (C=O) groups excluding carboxylic acids is 2. The number of ether oxygens (including phenoxy) is 1. The standard InChI is InChI=1S/C27H38N4O5S/c1-18-13-24(36-6)14-19(2)27(18)37(34,35)31(5)17-26(33)28-16-25(32)29-20(3)22-8-7-21-9-11-30(4)12-10-23(21)15-22/h7-8,13-15,20H,9-12,16-17H2,1-6H3,(H,28,33)(H,29,32). The first-order valence-electron chi connectivity index (χ1n) is 12.4. The second-order valence-corrected chi connectivity index (χ2v) is 11.7. The van der Waals surface area contributed by atoms with Crippen molar-refractivity contribution in [2.24, 2.45) is 0 Å². The average molecular weight is 531 g/mol. The van der Waals surface area contributed by atoms with Crippen molar-refractivity contribution in [3.63, 3.8) is 0 Å². The quantitative estimate of drug-likeness (QED) is 0.513. The number of aryl methyl sites for hydroxylation is 2. The molecule has 0 radical (unpaired) electrons. The lowest BCUT2D eigenvalue weighted by Gasteiger charge is -2.20. The second-order valence-electron chi connectivity index (χ2n) is 9.75. The molecule has 2 N–H and O–H groups in total. The van der Waals surface area contributed by atoms with Crippen LogP contribution in [-0.2, 0) is 32.5 Å². The van der Waals surface area contributed by atoms with E-state index in [4.69, 9.17) is 4.74 Å². The number of rotatable bonds is 9. The molecule has 10 heteroatoms. The molecule has 0 saturated heterocycles. The SMILES string of the molecule is COc1cc(C)c(S(=O)(=O)N(C)CC(=O)NCC(=O)NC(C)c2ccc3c(c2)CCN(C)CC3)c(C)c1. The van der Waals surface area contributed by atoms with Crippen LogP contribution >= 0.6 is 0 Å². The predicted molar refractivity (Wildman–Crippen MR) is 143 cm³/mol. The maximum atomic E-state index is 13.1. The van der Waals surface area contributed by atoms with Crippen LogP contribution in [0.15, 0.2) is 35.2 Å². The van der Waals surface area contributed by atoms with Gasteiger partial charge < -0.3 is 20.3 Å². The minimum absolute atomic E-state index is 0.141. The van der Waals surface area contributed by atoms with Gasteiger partial charge in [0.05, 0.1) is 31.1 Å². The fourth-order valence-electron chi connectivity index (χ4n) is 4.62. The number of methoxy groups -OCH3 is 1. The Kier molecular flexibility index (Phi) is 9.33. The summed E-state index contributed by atoms with van der Waals surface area (Å²) < 4.78 is 32.4. The number of nitrogens with zero attached hydrogens (tertiary/aromatic N) is 2. The number of hydrogen-bond donors (Lipinski definition) is 2. The molecule has 0 bridgehead atoms. The first kappa shape index (κ1) is 28.6. The summed E-state index contributed by atoms with van der Waals surface area (Å²) in [4.78, 5) is 27.4. The molecule has 0 aromatic heterocycles. The summed E-state index contributed by atoms with van der Waals surface area (Å²) in [5, 5.41) is 5.43.